The predicted octanol–water partition coefficient (Wildman–Crippen LogP) is 4.82. The number of amides is 6. The van der Waals surface area contributed by atoms with Gasteiger partial charge in [-0.3, -0.25) is 19.2 Å². The zero-order valence-corrected chi connectivity index (χ0v) is 39.2. The van der Waals surface area contributed by atoms with E-state index in [0.717, 1.165) is 27.8 Å². The molecule has 1 aliphatic rings. The number of ether oxygens (including phenoxy) is 2. The minimum atomic E-state index is -1.23. The Hall–Kier alpha value is -6.78. The molecule has 4 aromatic rings. The molecule has 0 saturated heterocycles. The second-order valence-electron chi connectivity index (χ2n) is 18.0. The standard InChI is InChI=1S/C52H67N7O9/c1-52(2,3)68-51(66)58-41(27-15-17-29-53)46(61)56-43(32-36-21-9-5-10-22-36)49(64)57-42(31-35-19-7-4-8-20-35)48(63)55-40(47(62)59-45-39-26-14-13-25-38(39)33-44(45)60)28-16-18-30-54-50(65)67-34-37-23-11-6-12-24-37/h4-14,19-26,40-45,60H,15-18,27-34,53H2,1-3H3,(H,54,65)(H,55,63)(H,56,61)(H,57,64)(H,58,66)(H,59,62)/t40-,41-,42-,43-,44+,45-/m0/s1. The van der Waals surface area contributed by atoms with Crippen molar-refractivity contribution in [2.75, 3.05) is 13.1 Å². The average molecular weight is 934 g/mol. The Labute approximate surface area is 398 Å². The Morgan fingerprint density at radius 2 is 1.09 bits per heavy atom. The van der Waals surface area contributed by atoms with E-state index < -0.39 is 77.7 Å². The highest BCUT2D eigenvalue weighted by Crippen LogP contribution is 2.31. The van der Waals surface area contributed by atoms with Crippen LogP contribution in [0.2, 0.25) is 0 Å². The lowest BCUT2D eigenvalue weighted by molar-refractivity contribution is -0.134. The first-order valence-electron chi connectivity index (χ1n) is 23.4. The molecule has 0 fully saturated rings. The summed E-state index contributed by atoms with van der Waals surface area (Å²) < 4.78 is 10.8. The Bertz CT molecular complexity index is 2240. The molecule has 0 heterocycles. The van der Waals surface area contributed by atoms with Crippen molar-refractivity contribution >= 4 is 35.8 Å². The number of fused-ring (bicyclic) bond motifs is 1. The quantitative estimate of drug-likeness (QED) is 0.0446. The van der Waals surface area contributed by atoms with E-state index in [4.69, 9.17) is 15.2 Å². The summed E-state index contributed by atoms with van der Waals surface area (Å²) in [7, 11) is 0. The molecular formula is C52H67N7O9. The third-order valence-corrected chi connectivity index (χ3v) is 11.3. The number of hydrogen-bond acceptors (Lipinski definition) is 10. The number of nitrogens with one attached hydrogen (secondary N) is 6. The summed E-state index contributed by atoms with van der Waals surface area (Å²) in [5, 5.41) is 28.0. The Balaban J connectivity index is 1.34. The number of benzene rings is 4. The van der Waals surface area contributed by atoms with Gasteiger partial charge < -0.3 is 52.2 Å². The molecule has 68 heavy (non-hydrogen) atoms. The van der Waals surface area contributed by atoms with E-state index >= 15 is 0 Å². The highest BCUT2D eigenvalue weighted by molar-refractivity contribution is 5.95. The van der Waals surface area contributed by atoms with Crippen LogP contribution >= 0.6 is 0 Å². The van der Waals surface area contributed by atoms with Crippen molar-refractivity contribution in [1.29, 1.82) is 0 Å². The summed E-state index contributed by atoms with van der Waals surface area (Å²) in [4.78, 5) is 82.7. The fraction of sp³-hybridized carbons (Fsp3) is 0.423. The maximum Gasteiger partial charge on any atom is 0.408 e. The summed E-state index contributed by atoms with van der Waals surface area (Å²) in [6.45, 7) is 5.86. The fourth-order valence-electron chi connectivity index (χ4n) is 7.86. The predicted molar refractivity (Wildman–Crippen MR) is 258 cm³/mol. The van der Waals surface area contributed by atoms with Gasteiger partial charge >= 0.3 is 12.2 Å². The first-order valence-corrected chi connectivity index (χ1v) is 23.4. The van der Waals surface area contributed by atoms with Gasteiger partial charge in [0.05, 0.1) is 12.1 Å². The highest BCUT2D eigenvalue weighted by Gasteiger charge is 2.36. The largest absolute Gasteiger partial charge is 0.445 e. The van der Waals surface area contributed by atoms with E-state index in [1.54, 1.807) is 45.0 Å². The average Bonchev–Trinajstić information content (AvgIpc) is 3.63. The molecule has 0 unspecified atom stereocenters. The summed E-state index contributed by atoms with van der Waals surface area (Å²) in [6, 6.07) is 29.5. The smallest absolute Gasteiger partial charge is 0.408 e. The molecule has 0 bridgehead atoms. The topological polar surface area (TPSA) is 239 Å². The molecule has 0 saturated carbocycles. The molecule has 0 radical (unpaired) electrons. The second kappa shape index (κ2) is 26.5. The van der Waals surface area contributed by atoms with Crippen LogP contribution in [0.5, 0.6) is 0 Å². The number of carbonyl (C=O) groups excluding carboxylic acids is 6. The van der Waals surface area contributed by atoms with E-state index in [0.29, 0.717) is 38.6 Å². The van der Waals surface area contributed by atoms with Crippen LogP contribution in [0.3, 0.4) is 0 Å². The lowest BCUT2D eigenvalue weighted by atomic mass is 10.0. The van der Waals surface area contributed by atoms with E-state index in [1.165, 1.54) is 0 Å². The van der Waals surface area contributed by atoms with Crippen molar-refractivity contribution in [1.82, 2.24) is 31.9 Å². The van der Waals surface area contributed by atoms with Crippen molar-refractivity contribution in [3.8, 4) is 0 Å². The van der Waals surface area contributed by atoms with Crippen molar-refractivity contribution in [3.63, 3.8) is 0 Å². The van der Waals surface area contributed by atoms with Gasteiger partial charge in [0, 0.05) is 25.8 Å². The Morgan fingerprint density at radius 1 is 0.603 bits per heavy atom. The molecule has 0 aromatic heterocycles. The molecule has 5 rings (SSSR count). The van der Waals surface area contributed by atoms with Crippen LogP contribution in [0.25, 0.3) is 0 Å². The minimum absolute atomic E-state index is 0.0321. The van der Waals surface area contributed by atoms with Gasteiger partial charge in [0.1, 0.15) is 36.4 Å². The summed E-state index contributed by atoms with van der Waals surface area (Å²) in [5.74, 6) is -2.49. The summed E-state index contributed by atoms with van der Waals surface area (Å²) in [6.07, 6.45) is 0.471. The van der Waals surface area contributed by atoms with Gasteiger partial charge in [-0.2, -0.15) is 0 Å². The van der Waals surface area contributed by atoms with E-state index in [-0.39, 0.29) is 38.8 Å². The van der Waals surface area contributed by atoms with Gasteiger partial charge in [0.15, 0.2) is 0 Å². The number of unbranched alkanes of at least 4 members (excludes halogenated alkanes) is 2. The molecule has 6 atom stereocenters. The van der Waals surface area contributed by atoms with Crippen molar-refractivity contribution < 1.29 is 43.3 Å². The van der Waals surface area contributed by atoms with Crippen molar-refractivity contribution in [3.05, 3.63) is 143 Å². The molecule has 1 aliphatic carbocycles. The van der Waals surface area contributed by atoms with Gasteiger partial charge in [0.25, 0.3) is 0 Å². The van der Waals surface area contributed by atoms with Crippen molar-refractivity contribution in [2.24, 2.45) is 5.73 Å². The first kappa shape index (κ1) is 52.2. The number of nitrogens with two attached hydrogens (primary N) is 1. The van der Waals surface area contributed by atoms with Crippen LogP contribution in [-0.4, -0.2) is 89.9 Å². The number of hydrogen-bond donors (Lipinski definition) is 8. The zero-order valence-electron chi connectivity index (χ0n) is 39.2. The minimum Gasteiger partial charge on any atom is -0.445 e. The van der Waals surface area contributed by atoms with Crippen LogP contribution in [0.1, 0.15) is 93.2 Å². The number of alkyl carbamates (subject to hydrolysis) is 2. The Morgan fingerprint density at radius 3 is 1.65 bits per heavy atom. The maximum atomic E-state index is 14.6. The SMILES string of the molecule is CC(C)(C)OC(=O)N[C@@H](CCCCN)C(=O)N[C@@H](Cc1ccccc1)C(=O)N[C@@H](Cc1ccccc1)C(=O)N[C@@H](CCCCNC(=O)OCc1ccccc1)C(=O)N[C@H]1c2ccccc2C[C@H]1O. The number of carbonyl (C=O) groups is 6. The van der Waals surface area contributed by atoms with Crippen LogP contribution < -0.4 is 37.6 Å². The monoisotopic (exact) mass is 934 g/mol. The molecular weight excluding hydrogens is 867 g/mol. The zero-order chi connectivity index (χ0) is 48.9. The second-order valence-corrected chi connectivity index (χ2v) is 18.0. The van der Waals surface area contributed by atoms with E-state index in [1.807, 2.05) is 91.0 Å². The summed E-state index contributed by atoms with van der Waals surface area (Å²) in [5.41, 5.74) is 8.88. The normalized spacial score (nSPS) is 15.8. The van der Waals surface area contributed by atoms with Crippen molar-refractivity contribution in [2.45, 2.75) is 127 Å². The third-order valence-electron chi connectivity index (χ3n) is 11.3. The molecule has 6 amide bonds. The summed E-state index contributed by atoms with van der Waals surface area (Å²) >= 11 is 0. The van der Waals surface area contributed by atoms with E-state index in [9.17, 15) is 33.9 Å². The van der Waals surface area contributed by atoms with Gasteiger partial charge in [-0.05, 0) is 93.7 Å². The lowest BCUT2D eigenvalue weighted by Crippen LogP contribution is -2.59. The highest BCUT2D eigenvalue weighted by atomic mass is 16.6. The maximum absolute atomic E-state index is 14.6. The molecule has 0 aliphatic heterocycles. The Kier molecular flexibility index (Phi) is 20.4. The first-order chi connectivity index (χ1) is 32.7. The molecule has 4 aromatic carbocycles. The lowest BCUT2D eigenvalue weighted by Gasteiger charge is -2.28. The number of rotatable bonds is 24. The van der Waals surface area contributed by atoms with Gasteiger partial charge in [-0.15, -0.1) is 0 Å². The van der Waals surface area contributed by atoms with Crippen LogP contribution in [0.15, 0.2) is 115 Å². The van der Waals surface area contributed by atoms with Crippen LogP contribution in [0.4, 0.5) is 9.59 Å². The fourth-order valence-corrected chi connectivity index (χ4v) is 7.86. The van der Waals surface area contributed by atoms with Crippen LogP contribution in [-0.2, 0) is 54.5 Å². The van der Waals surface area contributed by atoms with Gasteiger partial charge in [-0.25, -0.2) is 9.59 Å². The number of aliphatic hydroxyl groups is 1. The molecule has 9 N–H and O–H groups in total. The third kappa shape index (κ3) is 17.5. The number of aliphatic hydroxyl groups excluding tert-OH is 1. The molecule has 364 valence electrons. The molecule has 16 nitrogen and oxygen atoms in total. The molecule has 16 heteroatoms. The van der Waals surface area contributed by atoms with E-state index in [2.05, 4.69) is 31.9 Å². The van der Waals surface area contributed by atoms with Gasteiger partial charge in [-0.1, -0.05) is 115 Å². The molecule has 0 spiro atoms. The van der Waals surface area contributed by atoms with Crippen LogP contribution in [0, 0.1) is 0 Å². The van der Waals surface area contributed by atoms with Gasteiger partial charge in [0.2, 0.25) is 23.6 Å².